The van der Waals surface area contributed by atoms with E-state index in [9.17, 15) is 9.59 Å². The summed E-state index contributed by atoms with van der Waals surface area (Å²) in [7, 11) is 1.63. The zero-order valence-corrected chi connectivity index (χ0v) is 15.3. The zero-order valence-electron chi connectivity index (χ0n) is 13.7. The third kappa shape index (κ3) is 3.97. The van der Waals surface area contributed by atoms with E-state index in [1.165, 1.54) is 22.0 Å². The number of nitrogens with one attached hydrogen (secondary N) is 1. The van der Waals surface area contributed by atoms with Crippen molar-refractivity contribution in [2.45, 2.75) is 13.3 Å². The minimum absolute atomic E-state index is 0.234. The molecule has 0 spiro atoms. The molecule has 3 aromatic rings. The summed E-state index contributed by atoms with van der Waals surface area (Å²) >= 11 is 7.62. The van der Waals surface area contributed by atoms with Crippen molar-refractivity contribution in [3.05, 3.63) is 79.7 Å². The molecule has 1 N–H and O–H groups in total. The highest BCUT2D eigenvalue weighted by Crippen LogP contribution is 2.27. The minimum Gasteiger partial charge on any atom is -0.319 e. The van der Waals surface area contributed by atoms with Gasteiger partial charge in [-0.15, -0.1) is 11.3 Å². The van der Waals surface area contributed by atoms with Gasteiger partial charge in [0.25, 0.3) is 11.5 Å². The number of nitrogens with zero attached hydrogens (tertiary/aromatic N) is 2. The fraction of sp³-hybridized carbons (Fsp3) is 0.167. The number of halogens is 1. The topological polar surface area (TPSA) is 64.0 Å². The van der Waals surface area contributed by atoms with E-state index in [1.54, 1.807) is 19.3 Å². The van der Waals surface area contributed by atoms with Crippen LogP contribution in [0.25, 0.3) is 0 Å². The van der Waals surface area contributed by atoms with E-state index in [4.69, 9.17) is 11.6 Å². The Morgan fingerprint density at radius 3 is 2.80 bits per heavy atom. The third-order valence-corrected chi connectivity index (χ3v) is 5.23. The first kappa shape index (κ1) is 17.4. The number of aryl methyl sites for hydroxylation is 2. The van der Waals surface area contributed by atoms with E-state index in [2.05, 4.69) is 10.3 Å². The number of anilines is 1. The van der Waals surface area contributed by atoms with Crippen LogP contribution in [0.4, 0.5) is 5.13 Å². The number of thiazole rings is 1. The second-order valence-electron chi connectivity index (χ2n) is 5.61. The van der Waals surface area contributed by atoms with Gasteiger partial charge in [0.15, 0.2) is 5.13 Å². The number of aromatic nitrogens is 2. The molecule has 0 aliphatic rings. The number of carbonyl (C=O) groups is 1. The van der Waals surface area contributed by atoms with Gasteiger partial charge in [-0.05, 0) is 24.6 Å². The highest BCUT2D eigenvalue weighted by molar-refractivity contribution is 7.15. The van der Waals surface area contributed by atoms with Crippen molar-refractivity contribution in [2.75, 3.05) is 5.32 Å². The molecule has 0 radical (unpaired) electrons. The summed E-state index contributed by atoms with van der Waals surface area (Å²) in [6.45, 7) is 1.90. The van der Waals surface area contributed by atoms with Gasteiger partial charge in [-0.25, -0.2) is 4.98 Å². The summed E-state index contributed by atoms with van der Waals surface area (Å²) in [6, 6.07) is 10.6. The normalized spacial score (nSPS) is 10.7. The molecule has 2 aromatic heterocycles. The van der Waals surface area contributed by atoms with E-state index >= 15 is 0 Å². The van der Waals surface area contributed by atoms with Crippen LogP contribution in [-0.4, -0.2) is 15.5 Å². The van der Waals surface area contributed by atoms with Gasteiger partial charge in [0.1, 0.15) is 0 Å². The molecule has 0 fully saturated rings. The molecule has 0 bridgehead atoms. The monoisotopic (exact) mass is 373 g/mol. The number of amides is 1. The van der Waals surface area contributed by atoms with E-state index < -0.39 is 0 Å². The van der Waals surface area contributed by atoms with Crippen LogP contribution in [0.2, 0.25) is 5.02 Å². The molecule has 0 aliphatic carbocycles. The van der Waals surface area contributed by atoms with Crippen molar-refractivity contribution in [2.24, 2.45) is 7.05 Å². The van der Waals surface area contributed by atoms with Crippen LogP contribution in [-0.2, 0) is 13.5 Å². The molecule has 5 nitrogen and oxygen atoms in total. The van der Waals surface area contributed by atoms with Gasteiger partial charge in [-0.3, -0.25) is 14.9 Å². The lowest BCUT2D eigenvalue weighted by Gasteiger charge is -2.03. The maximum Gasteiger partial charge on any atom is 0.257 e. The summed E-state index contributed by atoms with van der Waals surface area (Å²) in [4.78, 5) is 29.4. The first-order valence-corrected chi connectivity index (χ1v) is 8.81. The Balaban J connectivity index is 1.78. The van der Waals surface area contributed by atoms with Crippen molar-refractivity contribution >= 4 is 34.0 Å². The molecule has 2 heterocycles. The molecular formula is C18H16ClN3O2S. The number of rotatable bonds is 4. The Morgan fingerprint density at radius 2 is 2.08 bits per heavy atom. The molecule has 128 valence electrons. The van der Waals surface area contributed by atoms with E-state index in [-0.39, 0.29) is 11.5 Å². The first-order chi connectivity index (χ1) is 11.9. The van der Waals surface area contributed by atoms with E-state index in [0.29, 0.717) is 22.1 Å². The number of pyridine rings is 1. The Kier molecular flexibility index (Phi) is 5.01. The minimum atomic E-state index is -0.351. The average molecular weight is 374 g/mol. The highest BCUT2D eigenvalue weighted by Gasteiger charge is 2.13. The van der Waals surface area contributed by atoms with Crippen LogP contribution in [0.15, 0.2) is 47.4 Å². The van der Waals surface area contributed by atoms with Crippen molar-refractivity contribution in [3.63, 3.8) is 0 Å². The van der Waals surface area contributed by atoms with Crippen molar-refractivity contribution < 1.29 is 4.79 Å². The molecule has 1 aromatic carbocycles. The summed E-state index contributed by atoms with van der Waals surface area (Å²) in [5, 5.41) is 3.97. The Hall–Kier alpha value is -2.44. The summed E-state index contributed by atoms with van der Waals surface area (Å²) in [5.74, 6) is -0.351. The SMILES string of the molecule is Cc1nc(NC(=O)c2ccn(C)c(=O)c2)sc1Cc1ccccc1Cl. The Morgan fingerprint density at radius 1 is 1.32 bits per heavy atom. The summed E-state index contributed by atoms with van der Waals surface area (Å²) in [6.07, 6.45) is 2.22. The van der Waals surface area contributed by atoms with Crippen LogP contribution in [0.1, 0.15) is 26.5 Å². The number of hydrogen-bond acceptors (Lipinski definition) is 4. The van der Waals surface area contributed by atoms with Gasteiger partial charge in [-0.2, -0.15) is 0 Å². The van der Waals surface area contributed by atoms with Crippen molar-refractivity contribution in [3.8, 4) is 0 Å². The standard InChI is InChI=1S/C18H16ClN3O2S/c1-11-15(9-12-5-3-4-6-14(12)19)25-18(20-11)21-17(24)13-7-8-22(2)16(23)10-13/h3-8,10H,9H2,1-2H3,(H,20,21,24). The van der Waals surface area contributed by atoms with Crippen LogP contribution in [0.5, 0.6) is 0 Å². The van der Waals surface area contributed by atoms with Crippen LogP contribution < -0.4 is 10.9 Å². The summed E-state index contributed by atoms with van der Waals surface area (Å²) < 4.78 is 1.41. The number of carbonyl (C=O) groups excluding carboxylic acids is 1. The number of benzene rings is 1. The Labute approximate surface area is 153 Å². The zero-order chi connectivity index (χ0) is 18.0. The molecular weight excluding hydrogens is 358 g/mol. The second-order valence-corrected chi connectivity index (χ2v) is 7.11. The molecule has 0 aliphatic heterocycles. The first-order valence-electron chi connectivity index (χ1n) is 7.62. The highest BCUT2D eigenvalue weighted by atomic mass is 35.5. The maximum atomic E-state index is 12.3. The summed E-state index contributed by atoms with van der Waals surface area (Å²) in [5.41, 5.74) is 1.94. The maximum absolute atomic E-state index is 12.3. The molecule has 0 unspecified atom stereocenters. The molecule has 0 saturated heterocycles. The second kappa shape index (κ2) is 7.21. The van der Waals surface area contributed by atoms with Gasteiger partial charge >= 0.3 is 0 Å². The van der Waals surface area contributed by atoms with Gasteiger partial charge in [0.2, 0.25) is 0 Å². The number of hydrogen-bond donors (Lipinski definition) is 1. The molecule has 0 saturated carbocycles. The van der Waals surface area contributed by atoms with E-state index in [0.717, 1.165) is 16.1 Å². The largest absolute Gasteiger partial charge is 0.319 e. The molecule has 7 heteroatoms. The van der Waals surface area contributed by atoms with Crippen molar-refractivity contribution in [1.82, 2.24) is 9.55 Å². The fourth-order valence-electron chi connectivity index (χ4n) is 2.32. The molecule has 1 amide bonds. The van der Waals surface area contributed by atoms with Crippen LogP contribution >= 0.6 is 22.9 Å². The quantitative estimate of drug-likeness (QED) is 0.759. The fourth-order valence-corrected chi connectivity index (χ4v) is 3.50. The molecule has 0 atom stereocenters. The molecule has 3 rings (SSSR count). The van der Waals surface area contributed by atoms with Gasteiger partial charge in [-0.1, -0.05) is 29.8 Å². The Bertz CT molecular complexity index is 994. The molecule has 25 heavy (non-hydrogen) atoms. The van der Waals surface area contributed by atoms with Gasteiger partial charge in [0, 0.05) is 41.2 Å². The van der Waals surface area contributed by atoms with Crippen molar-refractivity contribution in [1.29, 1.82) is 0 Å². The lowest BCUT2D eigenvalue weighted by atomic mass is 10.1. The predicted octanol–water partition coefficient (Wildman–Crippen LogP) is 3.65. The predicted molar refractivity (Wildman–Crippen MR) is 101 cm³/mol. The third-order valence-electron chi connectivity index (χ3n) is 3.79. The van der Waals surface area contributed by atoms with Crippen LogP contribution in [0.3, 0.4) is 0 Å². The van der Waals surface area contributed by atoms with Gasteiger partial charge in [0.05, 0.1) is 5.69 Å². The lowest BCUT2D eigenvalue weighted by molar-refractivity contribution is 0.102. The smallest absolute Gasteiger partial charge is 0.257 e. The average Bonchev–Trinajstić information content (AvgIpc) is 2.91. The van der Waals surface area contributed by atoms with Gasteiger partial charge < -0.3 is 4.57 Å². The van der Waals surface area contributed by atoms with E-state index in [1.807, 2.05) is 31.2 Å². The lowest BCUT2D eigenvalue weighted by Crippen LogP contribution is -2.19. The van der Waals surface area contributed by atoms with Crippen LogP contribution in [0, 0.1) is 6.92 Å².